The minimum Gasteiger partial charge on any atom is -0.508 e. The summed E-state index contributed by atoms with van der Waals surface area (Å²) in [5.41, 5.74) is 6.99. The number of benzene rings is 2. The molecule has 3 fully saturated rings. The molecule has 6 heteroatoms. The van der Waals surface area contributed by atoms with Crippen LogP contribution in [0.2, 0.25) is 0 Å². The highest BCUT2D eigenvalue weighted by Crippen LogP contribution is 2.35. The summed E-state index contributed by atoms with van der Waals surface area (Å²) < 4.78 is 0. The maximum atomic E-state index is 13.2. The molecule has 2 aromatic carbocycles. The van der Waals surface area contributed by atoms with Gasteiger partial charge in [-0.05, 0) is 73.1 Å². The van der Waals surface area contributed by atoms with Crippen molar-refractivity contribution in [1.29, 1.82) is 0 Å². The van der Waals surface area contributed by atoms with Gasteiger partial charge in [0.05, 0.1) is 0 Å². The summed E-state index contributed by atoms with van der Waals surface area (Å²) in [6.07, 6.45) is 10.4. The maximum Gasteiger partial charge on any atom is 0.265 e. The molecule has 0 spiro atoms. The lowest BCUT2D eigenvalue weighted by molar-refractivity contribution is 0.0794. The van der Waals surface area contributed by atoms with Crippen LogP contribution in [-0.2, 0) is 6.54 Å². The Labute approximate surface area is 215 Å². The number of rotatable bonds is 7. The highest BCUT2D eigenvalue weighted by molar-refractivity contribution is 5.95. The van der Waals surface area contributed by atoms with Gasteiger partial charge in [-0.2, -0.15) is 0 Å². The fourth-order valence-corrected chi connectivity index (χ4v) is 6.23. The van der Waals surface area contributed by atoms with Crippen LogP contribution < -0.4 is 5.43 Å². The van der Waals surface area contributed by atoms with Crippen LogP contribution in [0.1, 0.15) is 60.9 Å². The van der Waals surface area contributed by atoms with Crippen molar-refractivity contribution in [3.05, 3.63) is 66.2 Å². The molecule has 0 saturated carbocycles. The highest BCUT2D eigenvalue weighted by Gasteiger charge is 2.37. The van der Waals surface area contributed by atoms with Crippen LogP contribution in [0.25, 0.3) is 11.1 Å². The van der Waals surface area contributed by atoms with Gasteiger partial charge in [-0.1, -0.05) is 37.1 Å². The number of amides is 1. The fourth-order valence-electron chi connectivity index (χ4n) is 6.23. The first-order valence-electron chi connectivity index (χ1n) is 13.7. The van der Waals surface area contributed by atoms with Gasteiger partial charge >= 0.3 is 0 Å². The first kappa shape index (κ1) is 25.0. The van der Waals surface area contributed by atoms with Crippen LogP contribution in [0, 0.1) is 0 Å². The molecule has 0 radical (unpaired) electrons. The topological polar surface area (TPSA) is 59.0 Å². The Morgan fingerprint density at radius 3 is 2.58 bits per heavy atom. The highest BCUT2D eigenvalue weighted by atomic mass is 16.3. The minimum atomic E-state index is -0.0558. The first-order valence-corrected chi connectivity index (χ1v) is 13.7. The monoisotopic (exact) mass is 488 g/mol. The third-order valence-electron chi connectivity index (χ3n) is 8.15. The third-order valence-corrected chi connectivity index (χ3v) is 8.15. The van der Waals surface area contributed by atoms with E-state index in [1.165, 1.54) is 37.7 Å². The van der Waals surface area contributed by atoms with Gasteiger partial charge in [0.1, 0.15) is 5.75 Å². The third kappa shape index (κ3) is 5.83. The minimum absolute atomic E-state index is 0.0558. The molecule has 3 heterocycles. The summed E-state index contributed by atoms with van der Waals surface area (Å²) in [6, 6.07) is 14.6. The largest absolute Gasteiger partial charge is 0.508 e. The van der Waals surface area contributed by atoms with Crippen molar-refractivity contribution in [3.8, 4) is 16.9 Å². The number of carbonyl (C=O) groups excluding carboxylic acids is 1. The Kier molecular flexibility index (Phi) is 8.05. The first-order chi connectivity index (χ1) is 17.6. The molecule has 6 nitrogen and oxygen atoms in total. The molecule has 3 saturated heterocycles. The molecule has 2 atom stereocenters. The molecule has 36 heavy (non-hydrogen) atoms. The molecule has 3 aliphatic heterocycles. The van der Waals surface area contributed by atoms with E-state index >= 15 is 0 Å². The number of fused-ring (bicyclic) bond motifs is 2. The predicted octanol–water partition coefficient (Wildman–Crippen LogP) is 4.80. The van der Waals surface area contributed by atoms with Gasteiger partial charge in [0.25, 0.3) is 5.91 Å². The molecule has 2 unspecified atom stereocenters. The van der Waals surface area contributed by atoms with Crippen LogP contribution in [-0.4, -0.2) is 70.6 Å². The second-order valence-corrected chi connectivity index (χ2v) is 10.7. The van der Waals surface area contributed by atoms with Gasteiger partial charge in [-0.25, -0.2) is 5.01 Å². The number of nitrogens with zero attached hydrogens (tertiary/aromatic N) is 3. The van der Waals surface area contributed by atoms with Gasteiger partial charge in [0, 0.05) is 56.9 Å². The second-order valence-electron chi connectivity index (χ2n) is 10.7. The molecule has 2 aromatic rings. The van der Waals surface area contributed by atoms with Gasteiger partial charge in [-0.3, -0.25) is 20.0 Å². The predicted molar refractivity (Wildman–Crippen MR) is 145 cm³/mol. The number of aromatic hydroxyl groups is 1. The molecule has 0 aliphatic carbocycles. The van der Waals surface area contributed by atoms with E-state index in [0.717, 1.165) is 63.2 Å². The van der Waals surface area contributed by atoms with E-state index in [9.17, 15) is 9.90 Å². The zero-order valence-corrected chi connectivity index (χ0v) is 21.4. The molecular formula is C30H40N4O2. The molecule has 0 aromatic heterocycles. The van der Waals surface area contributed by atoms with E-state index in [2.05, 4.69) is 32.9 Å². The van der Waals surface area contributed by atoms with Crippen molar-refractivity contribution in [1.82, 2.24) is 20.2 Å². The van der Waals surface area contributed by atoms with Gasteiger partial charge in [0.15, 0.2) is 0 Å². The average Bonchev–Trinajstić information content (AvgIpc) is 3.01. The van der Waals surface area contributed by atoms with Crippen molar-refractivity contribution in [2.24, 2.45) is 0 Å². The van der Waals surface area contributed by atoms with E-state index in [4.69, 9.17) is 0 Å². The summed E-state index contributed by atoms with van der Waals surface area (Å²) in [5, 5.41) is 12.3. The second kappa shape index (κ2) is 11.6. The van der Waals surface area contributed by atoms with Crippen LogP contribution in [0.15, 0.2) is 55.1 Å². The Morgan fingerprint density at radius 1 is 1.00 bits per heavy atom. The van der Waals surface area contributed by atoms with Crippen LogP contribution in [0.4, 0.5) is 0 Å². The van der Waals surface area contributed by atoms with Crippen LogP contribution >= 0.6 is 0 Å². The number of hydrogen-bond acceptors (Lipinski definition) is 5. The van der Waals surface area contributed by atoms with Crippen molar-refractivity contribution in [3.63, 3.8) is 0 Å². The summed E-state index contributed by atoms with van der Waals surface area (Å²) >= 11 is 0. The molecule has 2 N–H and O–H groups in total. The smallest absolute Gasteiger partial charge is 0.265 e. The normalized spacial score (nSPS) is 23.7. The number of likely N-dealkylation sites (tertiary alicyclic amines) is 1. The molecule has 5 rings (SSSR count). The quantitative estimate of drug-likeness (QED) is 0.548. The standard InChI is InChI=1S/C30H40N4O2/c1-2-15-32-18-14-26-12-13-27(22-32)34(26)21-25-11-10-24(20-29(25)23-8-7-9-28(35)19-23)30(36)31-33-16-5-3-4-6-17-33/h2,7-11,19-20,26-27,35H,1,3-6,12-18,21-22H2,(H,31,36). The van der Waals surface area contributed by atoms with E-state index < -0.39 is 0 Å². The average molecular weight is 489 g/mol. The number of nitrogens with one attached hydrogen (secondary N) is 1. The van der Waals surface area contributed by atoms with Gasteiger partial charge in [0.2, 0.25) is 0 Å². The fraction of sp³-hybridized carbons (Fsp3) is 0.500. The van der Waals surface area contributed by atoms with E-state index in [0.29, 0.717) is 17.6 Å². The van der Waals surface area contributed by atoms with Crippen molar-refractivity contribution < 1.29 is 9.90 Å². The Morgan fingerprint density at radius 2 is 1.81 bits per heavy atom. The lowest BCUT2D eigenvalue weighted by atomic mass is 9.96. The summed E-state index contributed by atoms with van der Waals surface area (Å²) in [5.74, 6) is 0.188. The van der Waals surface area contributed by atoms with Crippen LogP contribution in [0.5, 0.6) is 5.75 Å². The van der Waals surface area contributed by atoms with Gasteiger partial charge in [-0.15, -0.1) is 6.58 Å². The number of phenolic OH excluding ortho intramolecular Hbond substituents is 1. The SMILES string of the molecule is C=CCN1CCC2CCC(C1)N2Cc1ccc(C(=O)NN2CCCCCC2)cc1-c1cccc(O)c1. The lowest BCUT2D eigenvalue weighted by Gasteiger charge is -2.29. The summed E-state index contributed by atoms with van der Waals surface area (Å²) in [6.45, 7) is 9.77. The Bertz CT molecular complexity index is 1060. The van der Waals surface area contributed by atoms with E-state index in [1.54, 1.807) is 12.1 Å². The zero-order chi connectivity index (χ0) is 24.9. The number of hydrazine groups is 1. The zero-order valence-electron chi connectivity index (χ0n) is 21.4. The Balaban J connectivity index is 1.41. The molecule has 192 valence electrons. The summed E-state index contributed by atoms with van der Waals surface area (Å²) in [7, 11) is 0. The van der Waals surface area contributed by atoms with Crippen molar-refractivity contribution in [2.75, 3.05) is 32.7 Å². The van der Waals surface area contributed by atoms with Crippen LogP contribution in [0.3, 0.4) is 0 Å². The van der Waals surface area contributed by atoms with Crippen molar-refractivity contribution in [2.45, 2.75) is 63.6 Å². The number of hydrogen-bond donors (Lipinski definition) is 2. The molecular weight excluding hydrogens is 448 g/mol. The summed E-state index contributed by atoms with van der Waals surface area (Å²) in [4.78, 5) is 18.4. The molecule has 2 bridgehead atoms. The Hall–Kier alpha value is -2.67. The lowest BCUT2D eigenvalue weighted by Crippen LogP contribution is -2.42. The van der Waals surface area contributed by atoms with Crippen molar-refractivity contribution >= 4 is 5.91 Å². The molecule has 3 aliphatic rings. The maximum absolute atomic E-state index is 13.2. The number of carbonyl (C=O) groups is 1. The molecule has 1 amide bonds. The van der Waals surface area contributed by atoms with E-state index in [1.807, 2.05) is 30.3 Å². The van der Waals surface area contributed by atoms with E-state index in [-0.39, 0.29) is 11.7 Å². The number of phenols is 1. The van der Waals surface area contributed by atoms with Gasteiger partial charge < -0.3 is 5.11 Å².